The molecular weight excluding hydrogens is 458 g/mol. The van der Waals surface area contributed by atoms with E-state index in [9.17, 15) is 36.9 Å². The molecule has 0 atom stereocenters. The first kappa shape index (κ1) is 22.4. The summed E-state index contributed by atoms with van der Waals surface area (Å²) in [7, 11) is 0. The molecule has 4 nitrogen and oxygen atoms in total. The summed E-state index contributed by atoms with van der Waals surface area (Å²) in [6.45, 7) is 14.6. The fourth-order valence-corrected chi connectivity index (χ4v) is 3.95. The summed E-state index contributed by atoms with van der Waals surface area (Å²) in [6.07, 6.45) is -10.7. The number of nitrogens with zero attached hydrogens (tertiary/aromatic N) is 4. The number of rotatable bonds is 0. The van der Waals surface area contributed by atoms with E-state index in [1.165, 1.54) is 12.1 Å². The van der Waals surface area contributed by atoms with Crippen molar-refractivity contribution in [3.63, 3.8) is 0 Å². The lowest BCUT2D eigenvalue weighted by atomic mass is 9.88. The first-order chi connectivity index (χ1) is 15.9. The fraction of sp³-hybridized carbons (Fsp3) is 0.0833. The van der Waals surface area contributed by atoms with Crippen LogP contribution in [0.15, 0.2) is 36.4 Å². The van der Waals surface area contributed by atoms with Gasteiger partial charge in [-0.1, -0.05) is 12.1 Å². The van der Waals surface area contributed by atoms with Crippen molar-refractivity contribution in [1.29, 1.82) is 10.5 Å². The van der Waals surface area contributed by atoms with Crippen molar-refractivity contribution in [3.8, 4) is 12.1 Å². The third-order valence-electron chi connectivity index (χ3n) is 5.39. The van der Waals surface area contributed by atoms with Crippen LogP contribution in [0.5, 0.6) is 0 Å². The van der Waals surface area contributed by atoms with Gasteiger partial charge in [-0.25, -0.2) is 0 Å². The molecule has 0 aliphatic carbocycles. The molecule has 0 N–H and O–H groups in total. The summed E-state index contributed by atoms with van der Waals surface area (Å²) in [4.78, 5) is 6.45. The zero-order valence-corrected chi connectivity index (χ0v) is 16.5. The summed E-state index contributed by atoms with van der Waals surface area (Å²) in [5.41, 5.74) is -4.38. The van der Waals surface area contributed by atoms with Crippen LogP contribution in [0.4, 0.5) is 37.7 Å². The molecule has 4 aromatic rings. The standard InChI is InChI=1S/C24H6F6N4/c1-33-21-7-17-14-4-12(10-32)11(9-31)3-13(14)15-5-19(23(25,26)27)20(24(28,29)30)6-16(15)18(17)8-22(21)34-2/h3-8H. The highest BCUT2D eigenvalue weighted by Gasteiger charge is 2.43. The van der Waals surface area contributed by atoms with Gasteiger partial charge >= 0.3 is 12.4 Å². The lowest BCUT2D eigenvalue weighted by molar-refractivity contribution is -0.161. The maximum absolute atomic E-state index is 13.6. The zero-order valence-electron chi connectivity index (χ0n) is 16.5. The predicted molar refractivity (Wildman–Crippen MR) is 111 cm³/mol. The van der Waals surface area contributed by atoms with Crippen molar-refractivity contribution in [1.82, 2.24) is 0 Å². The van der Waals surface area contributed by atoms with Crippen molar-refractivity contribution in [3.05, 3.63) is 81.5 Å². The van der Waals surface area contributed by atoms with E-state index in [2.05, 4.69) is 9.69 Å². The average molecular weight is 464 g/mol. The number of alkyl halides is 6. The van der Waals surface area contributed by atoms with Gasteiger partial charge in [0.2, 0.25) is 0 Å². The van der Waals surface area contributed by atoms with Crippen molar-refractivity contribution < 1.29 is 26.3 Å². The van der Waals surface area contributed by atoms with Gasteiger partial charge in [0.1, 0.15) is 12.1 Å². The summed E-state index contributed by atoms with van der Waals surface area (Å²) < 4.78 is 81.8. The van der Waals surface area contributed by atoms with Crippen molar-refractivity contribution >= 4 is 43.7 Å². The van der Waals surface area contributed by atoms with E-state index in [4.69, 9.17) is 13.1 Å². The molecular formula is C24H6F6N4. The minimum absolute atomic E-state index is 0.00349. The largest absolute Gasteiger partial charge is 0.417 e. The first-order valence-electron chi connectivity index (χ1n) is 9.19. The van der Waals surface area contributed by atoms with E-state index in [0.29, 0.717) is 12.1 Å². The molecule has 0 amide bonds. The summed E-state index contributed by atoms with van der Waals surface area (Å²) in [5.74, 6) is 0. The van der Waals surface area contributed by atoms with Crippen LogP contribution < -0.4 is 0 Å². The third-order valence-corrected chi connectivity index (χ3v) is 5.39. The Bertz CT molecular complexity index is 1590. The van der Waals surface area contributed by atoms with E-state index in [-0.39, 0.29) is 54.8 Å². The van der Waals surface area contributed by atoms with Crippen LogP contribution >= 0.6 is 0 Å². The minimum Gasteiger partial charge on any atom is -0.250 e. The summed E-state index contributed by atoms with van der Waals surface area (Å²) in [6, 6.07) is 9.08. The Morgan fingerprint density at radius 3 is 1.12 bits per heavy atom. The number of nitriles is 2. The van der Waals surface area contributed by atoms with Gasteiger partial charge in [0.05, 0.1) is 35.4 Å². The normalized spacial score (nSPS) is 11.7. The van der Waals surface area contributed by atoms with Crippen LogP contribution in [0.2, 0.25) is 0 Å². The van der Waals surface area contributed by atoms with Crippen LogP contribution in [-0.2, 0) is 12.4 Å². The molecule has 0 heterocycles. The molecule has 0 fully saturated rings. The van der Waals surface area contributed by atoms with Gasteiger partial charge in [0.25, 0.3) is 0 Å². The smallest absolute Gasteiger partial charge is 0.250 e. The summed E-state index contributed by atoms with van der Waals surface area (Å²) >= 11 is 0. The molecule has 164 valence electrons. The van der Waals surface area contributed by atoms with Gasteiger partial charge in [-0.15, -0.1) is 0 Å². The van der Waals surface area contributed by atoms with Gasteiger partial charge in [0, 0.05) is 0 Å². The number of hydrogen-bond acceptors (Lipinski definition) is 2. The quantitative estimate of drug-likeness (QED) is 0.150. The second-order valence-corrected chi connectivity index (χ2v) is 7.22. The van der Waals surface area contributed by atoms with Crippen LogP contribution in [0.1, 0.15) is 22.3 Å². The number of hydrogen-bond donors (Lipinski definition) is 0. The van der Waals surface area contributed by atoms with Gasteiger partial charge < -0.3 is 0 Å². The molecule has 0 saturated heterocycles. The van der Waals surface area contributed by atoms with E-state index < -0.39 is 23.5 Å². The molecule has 0 aromatic heterocycles. The molecule has 10 heteroatoms. The van der Waals surface area contributed by atoms with Gasteiger partial charge in [-0.3, -0.25) is 9.69 Å². The van der Waals surface area contributed by atoms with Crippen molar-refractivity contribution in [2.45, 2.75) is 12.4 Å². The van der Waals surface area contributed by atoms with E-state index in [1.807, 2.05) is 0 Å². The summed E-state index contributed by atoms with van der Waals surface area (Å²) in [5, 5.41) is 18.6. The lowest BCUT2D eigenvalue weighted by Crippen LogP contribution is -2.16. The Kier molecular flexibility index (Phi) is 4.86. The minimum atomic E-state index is -5.33. The fourth-order valence-electron chi connectivity index (χ4n) is 3.95. The maximum Gasteiger partial charge on any atom is 0.417 e. The highest BCUT2D eigenvalue weighted by atomic mass is 19.4. The molecule has 0 saturated carbocycles. The molecule has 0 unspecified atom stereocenters. The lowest BCUT2D eigenvalue weighted by Gasteiger charge is -2.19. The van der Waals surface area contributed by atoms with Crippen molar-refractivity contribution in [2.75, 3.05) is 0 Å². The monoisotopic (exact) mass is 464 g/mol. The number of fused-ring (bicyclic) bond motifs is 6. The molecule has 0 aliphatic heterocycles. The first-order valence-corrected chi connectivity index (χ1v) is 9.19. The molecule has 0 aliphatic rings. The van der Waals surface area contributed by atoms with E-state index >= 15 is 0 Å². The van der Waals surface area contributed by atoms with E-state index in [0.717, 1.165) is 12.1 Å². The van der Waals surface area contributed by atoms with Crippen LogP contribution in [0.3, 0.4) is 0 Å². The highest BCUT2D eigenvalue weighted by molar-refractivity contribution is 6.27. The maximum atomic E-state index is 13.6. The number of halogens is 6. The van der Waals surface area contributed by atoms with Gasteiger partial charge in [-0.2, -0.15) is 36.9 Å². The molecule has 0 radical (unpaired) electrons. The predicted octanol–water partition coefficient (Wildman–Crippen LogP) is 8.03. The topological polar surface area (TPSA) is 56.3 Å². The third kappa shape index (κ3) is 3.30. The Balaban J connectivity index is 2.41. The Hall–Kier alpha value is -4.80. The van der Waals surface area contributed by atoms with Gasteiger partial charge in [0.15, 0.2) is 11.4 Å². The molecule has 0 spiro atoms. The Morgan fingerprint density at radius 1 is 0.559 bits per heavy atom. The second-order valence-electron chi connectivity index (χ2n) is 7.22. The van der Waals surface area contributed by atoms with Crippen LogP contribution in [0.25, 0.3) is 42.0 Å². The van der Waals surface area contributed by atoms with Crippen LogP contribution in [-0.4, -0.2) is 0 Å². The van der Waals surface area contributed by atoms with Crippen molar-refractivity contribution in [2.24, 2.45) is 0 Å². The van der Waals surface area contributed by atoms with Crippen LogP contribution in [0, 0.1) is 35.8 Å². The molecule has 34 heavy (non-hydrogen) atoms. The van der Waals surface area contributed by atoms with Gasteiger partial charge in [-0.05, 0) is 56.6 Å². The zero-order chi connectivity index (χ0) is 25.0. The Morgan fingerprint density at radius 2 is 0.853 bits per heavy atom. The molecule has 0 bridgehead atoms. The average Bonchev–Trinajstić information content (AvgIpc) is 2.80. The molecule has 4 rings (SSSR count). The Labute approximate surface area is 187 Å². The highest BCUT2D eigenvalue weighted by Crippen LogP contribution is 2.47. The number of benzene rings is 4. The molecule has 4 aromatic carbocycles. The SMILES string of the molecule is [C-]#[N+]c1cc2c3cc(C#N)c(C#N)cc3c3cc(C(F)(F)F)c(C(F)(F)F)cc3c2cc1[N+]#[C-]. The second kappa shape index (κ2) is 7.37. The van der Waals surface area contributed by atoms with E-state index in [1.54, 1.807) is 12.1 Å².